The van der Waals surface area contributed by atoms with Gasteiger partial charge in [-0.2, -0.15) is 23.5 Å². The number of aromatic amines is 1. The summed E-state index contributed by atoms with van der Waals surface area (Å²) in [6.45, 7) is 2.50. The van der Waals surface area contributed by atoms with Gasteiger partial charge in [0.1, 0.15) is 24.1 Å². The molecule has 10 nitrogen and oxygen atoms in total. The minimum atomic E-state index is -4.81. The summed E-state index contributed by atoms with van der Waals surface area (Å²) in [7, 11) is 0. The van der Waals surface area contributed by atoms with Crippen molar-refractivity contribution in [3.63, 3.8) is 0 Å². The van der Waals surface area contributed by atoms with Gasteiger partial charge >= 0.3 is 6.18 Å². The topological polar surface area (TPSA) is 118 Å². The van der Waals surface area contributed by atoms with Crippen molar-refractivity contribution in [2.45, 2.75) is 25.1 Å². The largest absolute Gasteiger partial charge is 0.423 e. The second-order valence-electron chi connectivity index (χ2n) is 8.56. The molecule has 1 N–H and O–H groups in total. The number of nitrogens with one attached hydrogen (secondary N) is 1. The molecule has 4 heterocycles. The Morgan fingerprint density at radius 3 is 2.65 bits per heavy atom. The van der Waals surface area contributed by atoms with Crippen LogP contribution in [0.4, 0.5) is 24.7 Å². The van der Waals surface area contributed by atoms with Crippen molar-refractivity contribution < 1.29 is 22.7 Å². The van der Waals surface area contributed by atoms with Gasteiger partial charge in [0.05, 0.1) is 30.1 Å². The summed E-state index contributed by atoms with van der Waals surface area (Å²) in [5, 5.41) is 14.3. The number of ether oxygens (including phenoxy) is 1. The van der Waals surface area contributed by atoms with E-state index in [0.29, 0.717) is 51.1 Å². The molecule has 2 aliphatic rings. The Kier molecular flexibility index (Phi) is 7.94. The molecule has 0 spiro atoms. The number of piperazine rings is 1. The Labute approximate surface area is 210 Å². The maximum Gasteiger partial charge on any atom is 0.423 e. The molecule has 37 heavy (non-hydrogen) atoms. The molecule has 2 aliphatic heterocycles. The number of carbonyl (C=O) groups excluding carboxylic acids is 1. The molecule has 0 unspecified atom stereocenters. The van der Waals surface area contributed by atoms with Crippen LogP contribution in [-0.4, -0.2) is 78.0 Å². The summed E-state index contributed by atoms with van der Waals surface area (Å²) < 4.78 is 45.8. The number of nitrogens with zero attached hydrogens (tertiary/aromatic N) is 6. The highest BCUT2D eigenvalue weighted by Gasteiger charge is 2.40. The van der Waals surface area contributed by atoms with Crippen molar-refractivity contribution in [1.29, 1.82) is 5.26 Å². The third-order valence-electron chi connectivity index (χ3n) is 6.25. The predicted molar refractivity (Wildman–Crippen MR) is 127 cm³/mol. The first-order valence-electron chi connectivity index (χ1n) is 11.7. The van der Waals surface area contributed by atoms with Gasteiger partial charge in [-0.25, -0.2) is 10.1 Å². The predicted octanol–water partition coefficient (Wildman–Crippen LogP) is 1.39. The van der Waals surface area contributed by atoms with Crippen LogP contribution < -0.4 is 15.4 Å². The fraction of sp³-hybridized carbons (Fsp3) is 0.458. The van der Waals surface area contributed by atoms with E-state index in [1.807, 2.05) is 16.1 Å². The lowest BCUT2D eigenvalue weighted by atomic mass is 10.2. The average Bonchev–Trinajstić information content (AvgIpc) is 3.36. The Morgan fingerprint density at radius 1 is 1.19 bits per heavy atom. The average molecular weight is 515 g/mol. The number of anilines is 2. The molecule has 1 amide bonds. The molecule has 194 valence electrons. The summed E-state index contributed by atoms with van der Waals surface area (Å²) in [5.41, 5.74) is -2.34. The second kappa shape index (κ2) is 11.3. The number of nitriles is 1. The van der Waals surface area contributed by atoms with Gasteiger partial charge in [-0.15, -0.1) is 0 Å². The van der Waals surface area contributed by atoms with E-state index in [1.165, 1.54) is 11.1 Å². The normalized spacial score (nSPS) is 17.8. The van der Waals surface area contributed by atoms with Crippen LogP contribution >= 0.6 is 0 Å². The number of rotatable bonds is 5. The molecule has 4 rings (SSSR count). The summed E-state index contributed by atoms with van der Waals surface area (Å²) in [5.74, 6) is 5.64. The Hall–Kier alpha value is -4.10. The zero-order valence-corrected chi connectivity index (χ0v) is 19.8. The molecule has 0 saturated carbocycles. The van der Waals surface area contributed by atoms with Crippen LogP contribution in [-0.2, 0) is 15.7 Å². The van der Waals surface area contributed by atoms with E-state index in [4.69, 9.17) is 10.00 Å². The highest BCUT2D eigenvalue weighted by atomic mass is 19.4. The van der Waals surface area contributed by atoms with Crippen molar-refractivity contribution >= 4 is 17.4 Å². The minimum absolute atomic E-state index is 0.0506. The second-order valence-corrected chi connectivity index (χ2v) is 8.56. The summed E-state index contributed by atoms with van der Waals surface area (Å²) in [4.78, 5) is 33.6. The molecular weight excluding hydrogens is 491 g/mol. The van der Waals surface area contributed by atoms with Gasteiger partial charge in [-0.3, -0.25) is 9.59 Å². The van der Waals surface area contributed by atoms with Crippen molar-refractivity contribution in [2.24, 2.45) is 0 Å². The summed E-state index contributed by atoms with van der Waals surface area (Å²) >= 11 is 0. The number of hydrogen-bond acceptors (Lipinski definition) is 8. The summed E-state index contributed by atoms with van der Waals surface area (Å²) in [6, 6.07) is 5.12. The Bertz CT molecular complexity index is 1270. The van der Waals surface area contributed by atoms with Crippen LogP contribution in [0.25, 0.3) is 0 Å². The monoisotopic (exact) mass is 515 g/mol. The van der Waals surface area contributed by atoms with Gasteiger partial charge in [0.25, 0.3) is 11.5 Å². The molecule has 2 saturated heterocycles. The highest BCUT2D eigenvalue weighted by Crippen LogP contribution is 2.36. The smallest absolute Gasteiger partial charge is 0.367 e. The third-order valence-corrected chi connectivity index (χ3v) is 6.25. The molecule has 2 aromatic heterocycles. The number of carbonyl (C=O) groups is 1. The van der Waals surface area contributed by atoms with E-state index >= 15 is 0 Å². The van der Waals surface area contributed by atoms with Crippen LogP contribution in [0, 0.1) is 23.2 Å². The Balaban J connectivity index is 1.25. The highest BCUT2D eigenvalue weighted by molar-refractivity contribution is 5.93. The van der Waals surface area contributed by atoms with E-state index in [-0.39, 0.29) is 30.9 Å². The molecule has 0 aliphatic carbocycles. The van der Waals surface area contributed by atoms with Gasteiger partial charge < -0.3 is 19.4 Å². The lowest BCUT2D eigenvalue weighted by Gasteiger charge is -2.34. The third kappa shape index (κ3) is 6.19. The number of pyridine rings is 1. The van der Waals surface area contributed by atoms with Crippen LogP contribution in [0.1, 0.15) is 24.0 Å². The van der Waals surface area contributed by atoms with Crippen molar-refractivity contribution in [3.05, 3.63) is 46.0 Å². The van der Waals surface area contributed by atoms with E-state index < -0.39 is 17.3 Å². The number of aromatic nitrogens is 3. The van der Waals surface area contributed by atoms with Gasteiger partial charge in [0, 0.05) is 38.9 Å². The first-order chi connectivity index (χ1) is 17.8. The van der Waals surface area contributed by atoms with Gasteiger partial charge in [0.15, 0.2) is 0 Å². The summed E-state index contributed by atoms with van der Waals surface area (Å²) in [6.07, 6.45) is -1.05. The molecular formula is C24H24F3N7O3. The van der Waals surface area contributed by atoms with Gasteiger partial charge in [0.2, 0.25) is 0 Å². The maximum absolute atomic E-state index is 13.4. The molecule has 2 aromatic rings. The number of H-pyrrole nitrogens is 1. The van der Waals surface area contributed by atoms with Crippen LogP contribution in [0.15, 0.2) is 29.3 Å². The molecule has 13 heteroatoms. The van der Waals surface area contributed by atoms with Gasteiger partial charge in [-0.05, 0) is 30.9 Å². The van der Waals surface area contributed by atoms with Crippen LogP contribution in [0.5, 0.6) is 0 Å². The van der Waals surface area contributed by atoms with E-state index in [9.17, 15) is 22.8 Å². The number of alkyl halides is 3. The first-order valence-corrected chi connectivity index (χ1v) is 11.7. The van der Waals surface area contributed by atoms with E-state index in [1.54, 1.807) is 17.0 Å². The van der Waals surface area contributed by atoms with Gasteiger partial charge in [-0.1, -0.05) is 5.92 Å². The van der Waals surface area contributed by atoms with Crippen LogP contribution in [0.2, 0.25) is 0 Å². The molecule has 0 aromatic carbocycles. The lowest BCUT2D eigenvalue weighted by molar-refractivity contribution is -0.138. The maximum atomic E-state index is 13.4. The fourth-order valence-electron chi connectivity index (χ4n) is 4.42. The number of amides is 1. The number of hydrogen-bond donors (Lipinski definition) is 1. The minimum Gasteiger partial charge on any atom is -0.367 e. The standard InChI is InChI=1S/C24H24F3N7O3/c25-24(26,27)22-19(15-30-31-23(22)36)34-7-1-3-18(34)16-37-12-2-4-21(35)33-10-8-32(9-11-33)20-6-5-17(13-28)14-29-20/h5-6,14-15,18H,1,3,7-12,16H2,(H,31,36)/t18-/m0/s1. The van der Waals surface area contributed by atoms with E-state index in [0.717, 1.165) is 12.0 Å². The number of halogens is 3. The molecule has 2 fully saturated rings. The fourth-order valence-corrected chi connectivity index (χ4v) is 4.42. The van der Waals surface area contributed by atoms with Crippen molar-refractivity contribution in [3.8, 4) is 17.9 Å². The zero-order chi connectivity index (χ0) is 26.4. The SMILES string of the molecule is N#Cc1ccc(N2CCN(C(=O)C#CCOC[C@@H]3CCCN3c3cn[nH]c(=O)c3C(F)(F)F)CC2)nc1. The first kappa shape index (κ1) is 26.0. The molecule has 1 atom stereocenters. The van der Waals surface area contributed by atoms with Crippen molar-refractivity contribution in [2.75, 3.05) is 55.7 Å². The zero-order valence-electron chi connectivity index (χ0n) is 19.8. The molecule has 0 radical (unpaired) electrons. The quantitative estimate of drug-likeness (QED) is 0.469. The van der Waals surface area contributed by atoms with Crippen molar-refractivity contribution in [1.82, 2.24) is 20.1 Å². The van der Waals surface area contributed by atoms with Crippen LogP contribution in [0.3, 0.4) is 0 Å². The lowest BCUT2D eigenvalue weighted by Crippen LogP contribution is -2.48. The Morgan fingerprint density at radius 2 is 1.97 bits per heavy atom. The van der Waals surface area contributed by atoms with E-state index in [2.05, 4.69) is 21.9 Å². The molecule has 0 bridgehead atoms.